The van der Waals surface area contributed by atoms with E-state index in [-0.39, 0.29) is 6.03 Å². The fourth-order valence-corrected chi connectivity index (χ4v) is 2.05. The second kappa shape index (κ2) is 6.18. The lowest BCUT2D eigenvalue weighted by molar-refractivity contribution is 0.0596. The molecule has 1 heterocycles. The highest BCUT2D eigenvalue weighted by molar-refractivity contribution is 6.18. The maximum Gasteiger partial charge on any atom is 0.329 e. The summed E-state index contributed by atoms with van der Waals surface area (Å²) in [5.41, 5.74) is 2.88. The molecule has 0 bridgehead atoms. The highest BCUT2D eigenvalue weighted by atomic mass is 35.5. The Kier molecular flexibility index (Phi) is 5.19. The average molecular weight is 234 g/mol. The van der Waals surface area contributed by atoms with Gasteiger partial charge in [-0.15, -0.1) is 11.6 Å². The molecule has 1 fully saturated rings. The predicted molar refractivity (Wildman–Crippen MR) is 61.9 cm³/mol. The third-order valence-electron chi connectivity index (χ3n) is 2.80. The normalized spacial score (nSPS) is 27.4. The average Bonchev–Trinajstić information content (AvgIpc) is 2.21. The van der Waals surface area contributed by atoms with Crippen LogP contribution in [0.4, 0.5) is 4.79 Å². The highest BCUT2D eigenvalue weighted by Crippen LogP contribution is 2.19. The van der Waals surface area contributed by atoms with Gasteiger partial charge in [0.25, 0.3) is 0 Å². The molecule has 1 aliphatic heterocycles. The van der Waals surface area contributed by atoms with Crippen LogP contribution in [0, 0.1) is 0 Å². The van der Waals surface area contributed by atoms with Gasteiger partial charge in [0.2, 0.25) is 0 Å². The molecule has 1 rings (SSSR count). The molecule has 0 radical (unpaired) electrons. The Hall–Kier alpha value is -0.480. The predicted octanol–water partition coefficient (Wildman–Crippen LogP) is 1.70. The Morgan fingerprint density at radius 1 is 1.40 bits per heavy atom. The van der Waals surface area contributed by atoms with Gasteiger partial charge in [-0.3, -0.25) is 5.43 Å². The number of carbonyl (C=O) groups is 1. The van der Waals surface area contributed by atoms with Crippen molar-refractivity contribution in [2.45, 2.75) is 45.2 Å². The number of nitrogens with one attached hydrogen (secondary N) is 2. The second-order valence-electron chi connectivity index (χ2n) is 4.09. The van der Waals surface area contributed by atoms with E-state index in [4.69, 9.17) is 11.6 Å². The van der Waals surface area contributed by atoms with E-state index in [1.165, 1.54) is 6.42 Å². The molecule has 2 N–H and O–H groups in total. The lowest BCUT2D eigenvalue weighted by Crippen LogP contribution is -2.56. The zero-order chi connectivity index (χ0) is 11.3. The summed E-state index contributed by atoms with van der Waals surface area (Å²) in [5.74, 6) is 0.443. The summed E-state index contributed by atoms with van der Waals surface area (Å²) in [6, 6.07) is 0.669. The molecule has 0 aromatic rings. The van der Waals surface area contributed by atoms with Crippen LogP contribution in [0.2, 0.25) is 0 Å². The van der Waals surface area contributed by atoms with Gasteiger partial charge in [-0.25, -0.2) is 9.80 Å². The van der Waals surface area contributed by atoms with E-state index in [0.29, 0.717) is 24.5 Å². The lowest BCUT2D eigenvalue weighted by Gasteiger charge is -2.38. The van der Waals surface area contributed by atoms with Crippen LogP contribution in [0.3, 0.4) is 0 Å². The minimum atomic E-state index is -0.156. The second-order valence-corrected chi connectivity index (χ2v) is 4.47. The summed E-state index contributed by atoms with van der Waals surface area (Å²) in [5, 5.41) is 4.73. The van der Waals surface area contributed by atoms with E-state index >= 15 is 0 Å². The van der Waals surface area contributed by atoms with E-state index in [9.17, 15) is 4.79 Å². The summed E-state index contributed by atoms with van der Waals surface area (Å²) in [4.78, 5) is 11.4. The van der Waals surface area contributed by atoms with Gasteiger partial charge in [0.15, 0.2) is 0 Å². The fourth-order valence-electron chi connectivity index (χ4n) is 1.96. The van der Waals surface area contributed by atoms with Crippen molar-refractivity contribution in [3.05, 3.63) is 0 Å². The minimum absolute atomic E-state index is 0.156. The molecule has 88 valence electrons. The van der Waals surface area contributed by atoms with Crippen LogP contribution in [-0.2, 0) is 0 Å². The number of rotatable bonds is 3. The quantitative estimate of drug-likeness (QED) is 0.729. The van der Waals surface area contributed by atoms with Crippen molar-refractivity contribution in [1.82, 2.24) is 15.8 Å². The molecular formula is C10H20ClN3O. The first-order valence-corrected chi connectivity index (χ1v) is 6.07. The van der Waals surface area contributed by atoms with Gasteiger partial charge in [0.05, 0.1) is 0 Å². The molecule has 1 saturated heterocycles. The number of carbonyl (C=O) groups excluding carboxylic acids is 1. The SMILES string of the molecule is C[C@H]1CCC[C@H](C)N1NC(=O)NCCCl. The van der Waals surface area contributed by atoms with Crippen molar-refractivity contribution in [3.63, 3.8) is 0 Å². The third kappa shape index (κ3) is 3.87. The zero-order valence-corrected chi connectivity index (χ0v) is 10.2. The van der Waals surface area contributed by atoms with Gasteiger partial charge in [-0.1, -0.05) is 6.42 Å². The van der Waals surface area contributed by atoms with Gasteiger partial charge < -0.3 is 5.32 Å². The van der Waals surface area contributed by atoms with Crippen LogP contribution in [-0.4, -0.2) is 35.5 Å². The maximum absolute atomic E-state index is 11.4. The topological polar surface area (TPSA) is 44.4 Å². The van der Waals surface area contributed by atoms with Crippen molar-refractivity contribution in [2.75, 3.05) is 12.4 Å². The number of hydrazine groups is 1. The van der Waals surface area contributed by atoms with Gasteiger partial charge in [0, 0.05) is 24.5 Å². The van der Waals surface area contributed by atoms with Crippen molar-refractivity contribution in [2.24, 2.45) is 0 Å². The van der Waals surface area contributed by atoms with Gasteiger partial charge >= 0.3 is 6.03 Å². The summed E-state index contributed by atoms with van der Waals surface area (Å²) in [6.07, 6.45) is 3.52. The summed E-state index contributed by atoms with van der Waals surface area (Å²) < 4.78 is 0. The van der Waals surface area contributed by atoms with Gasteiger partial charge in [-0.2, -0.15) is 0 Å². The van der Waals surface area contributed by atoms with Crippen LogP contribution in [0.25, 0.3) is 0 Å². The zero-order valence-electron chi connectivity index (χ0n) is 9.42. The van der Waals surface area contributed by atoms with Gasteiger partial charge in [-0.05, 0) is 26.7 Å². The Morgan fingerprint density at radius 2 is 2.00 bits per heavy atom. The smallest absolute Gasteiger partial charge is 0.329 e. The Bertz CT molecular complexity index is 203. The number of alkyl halides is 1. The number of amides is 2. The lowest BCUT2D eigenvalue weighted by atomic mass is 10.00. The van der Waals surface area contributed by atoms with Crippen molar-refractivity contribution in [1.29, 1.82) is 0 Å². The van der Waals surface area contributed by atoms with Crippen molar-refractivity contribution < 1.29 is 4.79 Å². The molecule has 0 unspecified atom stereocenters. The number of hydrogen-bond acceptors (Lipinski definition) is 2. The van der Waals surface area contributed by atoms with Crippen LogP contribution in [0.15, 0.2) is 0 Å². The summed E-state index contributed by atoms with van der Waals surface area (Å²) in [6.45, 7) is 4.78. The highest BCUT2D eigenvalue weighted by Gasteiger charge is 2.25. The number of halogens is 1. The Morgan fingerprint density at radius 3 is 2.53 bits per heavy atom. The van der Waals surface area contributed by atoms with E-state index in [1.807, 2.05) is 5.01 Å². The molecule has 0 spiro atoms. The molecular weight excluding hydrogens is 214 g/mol. The molecule has 15 heavy (non-hydrogen) atoms. The minimum Gasteiger partial charge on any atom is -0.336 e. The molecule has 2 amide bonds. The monoisotopic (exact) mass is 233 g/mol. The van der Waals surface area contributed by atoms with Crippen LogP contribution in [0.1, 0.15) is 33.1 Å². The first kappa shape index (κ1) is 12.6. The standard InChI is InChI=1S/C10H20ClN3O/c1-8-4-3-5-9(2)14(8)13-10(15)12-7-6-11/h8-9H,3-7H2,1-2H3,(H2,12,13,15)/t8-,9-/m0/s1. The van der Waals surface area contributed by atoms with E-state index in [0.717, 1.165) is 12.8 Å². The largest absolute Gasteiger partial charge is 0.336 e. The van der Waals surface area contributed by atoms with Crippen LogP contribution < -0.4 is 10.7 Å². The van der Waals surface area contributed by atoms with E-state index in [2.05, 4.69) is 24.6 Å². The number of nitrogens with zero attached hydrogens (tertiary/aromatic N) is 1. The van der Waals surface area contributed by atoms with Crippen molar-refractivity contribution >= 4 is 17.6 Å². The number of urea groups is 1. The number of piperidine rings is 1. The van der Waals surface area contributed by atoms with Crippen molar-refractivity contribution in [3.8, 4) is 0 Å². The molecule has 1 aliphatic rings. The fraction of sp³-hybridized carbons (Fsp3) is 0.900. The molecule has 4 nitrogen and oxygen atoms in total. The summed E-state index contributed by atoms with van der Waals surface area (Å²) in [7, 11) is 0. The number of hydrogen-bond donors (Lipinski definition) is 2. The van der Waals surface area contributed by atoms with Crippen LogP contribution >= 0.6 is 11.6 Å². The van der Waals surface area contributed by atoms with Gasteiger partial charge in [0.1, 0.15) is 0 Å². The third-order valence-corrected chi connectivity index (χ3v) is 2.99. The molecule has 0 saturated carbocycles. The molecule has 0 aliphatic carbocycles. The van der Waals surface area contributed by atoms with E-state index < -0.39 is 0 Å². The Balaban J connectivity index is 2.37. The summed E-state index contributed by atoms with van der Waals surface area (Å²) >= 11 is 5.49. The van der Waals surface area contributed by atoms with E-state index in [1.54, 1.807) is 0 Å². The maximum atomic E-state index is 11.4. The Labute approximate surface area is 96.3 Å². The molecule has 2 atom stereocenters. The molecule has 0 aromatic carbocycles. The first-order valence-electron chi connectivity index (χ1n) is 5.54. The van der Waals surface area contributed by atoms with Crippen LogP contribution in [0.5, 0.6) is 0 Å². The molecule has 5 heteroatoms. The first-order chi connectivity index (χ1) is 7.15. The molecule has 0 aromatic heterocycles.